The minimum atomic E-state index is -4.30. The van der Waals surface area contributed by atoms with E-state index in [0.717, 1.165) is 6.42 Å². The zero-order chi connectivity index (χ0) is 13.1. The van der Waals surface area contributed by atoms with E-state index in [4.69, 9.17) is 0 Å². The zero-order valence-corrected chi connectivity index (χ0v) is 11.2. The largest absolute Gasteiger partial charge is 0.411 e. The average molecular weight is 315 g/mol. The summed E-state index contributed by atoms with van der Waals surface area (Å²) in [4.78, 5) is 0. The van der Waals surface area contributed by atoms with Gasteiger partial charge in [-0.15, -0.1) is 0 Å². The molecule has 3 nitrogen and oxygen atoms in total. The molecule has 17 heavy (non-hydrogen) atoms. The smallest absolute Gasteiger partial charge is 0.366 e. The SMILES string of the molecule is CC[C@@H](C)n1cc(Br)c(COCC(F)(F)F)n1. The van der Waals surface area contributed by atoms with E-state index in [2.05, 4.69) is 25.8 Å². The van der Waals surface area contributed by atoms with Crippen molar-refractivity contribution >= 4 is 15.9 Å². The Labute approximate surface area is 106 Å². The minimum absolute atomic E-state index is 0.149. The summed E-state index contributed by atoms with van der Waals surface area (Å²) in [6.45, 7) is 2.60. The molecule has 0 aliphatic rings. The number of aromatic nitrogens is 2. The first-order valence-corrected chi connectivity index (χ1v) is 6.00. The van der Waals surface area contributed by atoms with Crippen LogP contribution in [-0.4, -0.2) is 22.6 Å². The first-order valence-electron chi connectivity index (χ1n) is 5.21. The van der Waals surface area contributed by atoms with Gasteiger partial charge in [-0.1, -0.05) is 6.92 Å². The molecule has 0 aliphatic carbocycles. The van der Waals surface area contributed by atoms with Crippen molar-refractivity contribution in [1.82, 2.24) is 9.78 Å². The predicted octanol–water partition coefficient (Wildman–Crippen LogP) is 3.70. The molecule has 0 unspecified atom stereocenters. The topological polar surface area (TPSA) is 27.1 Å². The summed E-state index contributed by atoms with van der Waals surface area (Å²) >= 11 is 3.25. The van der Waals surface area contributed by atoms with Crippen LogP contribution in [0.4, 0.5) is 13.2 Å². The molecule has 7 heteroatoms. The molecule has 0 fully saturated rings. The number of hydrogen-bond donors (Lipinski definition) is 0. The molecule has 0 saturated heterocycles. The second-order valence-corrected chi connectivity index (χ2v) is 4.62. The summed E-state index contributed by atoms with van der Waals surface area (Å²) in [6.07, 6.45) is -1.65. The van der Waals surface area contributed by atoms with E-state index in [1.807, 2.05) is 13.8 Å². The number of rotatable bonds is 5. The van der Waals surface area contributed by atoms with Crippen molar-refractivity contribution in [3.8, 4) is 0 Å². The molecule has 1 rings (SSSR count). The third-order valence-corrected chi connectivity index (χ3v) is 2.97. The van der Waals surface area contributed by atoms with Crippen LogP contribution in [0.2, 0.25) is 0 Å². The van der Waals surface area contributed by atoms with Gasteiger partial charge >= 0.3 is 6.18 Å². The Bertz CT molecular complexity index is 365. The highest BCUT2D eigenvalue weighted by Crippen LogP contribution is 2.21. The zero-order valence-electron chi connectivity index (χ0n) is 9.59. The van der Waals surface area contributed by atoms with Crippen molar-refractivity contribution in [3.63, 3.8) is 0 Å². The van der Waals surface area contributed by atoms with Crippen LogP contribution in [0.1, 0.15) is 32.0 Å². The Balaban J connectivity index is 2.57. The molecule has 0 aliphatic heterocycles. The highest BCUT2D eigenvalue weighted by Gasteiger charge is 2.27. The van der Waals surface area contributed by atoms with Gasteiger partial charge in [0.15, 0.2) is 0 Å². The molecular formula is C10H14BrF3N2O. The summed E-state index contributed by atoms with van der Waals surface area (Å²) in [5.41, 5.74) is 0.481. The molecule has 1 aromatic heterocycles. The maximum absolute atomic E-state index is 11.9. The Morgan fingerprint density at radius 2 is 2.18 bits per heavy atom. The fourth-order valence-electron chi connectivity index (χ4n) is 1.18. The molecule has 1 atom stereocenters. The van der Waals surface area contributed by atoms with Crippen LogP contribution in [0.3, 0.4) is 0 Å². The van der Waals surface area contributed by atoms with E-state index in [1.54, 1.807) is 10.9 Å². The van der Waals surface area contributed by atoms with Gasteiger partial charge in [-0.25, -0.2) is 0 Å². The molecule has 98 valence electrons. The lowest BCUT2D eigenvalue weighted by Crippen LogP contribution is -2.17. The molecule has 0 bridgehead atoms. The fraction of sp³-hybridized carbons (Fsp3) is 0.700. The Kier molecular flexibility index (Phi) is 5.00. The van der Waals surface area contributed by atoms with E-state index < -0.39 is 12.8 Å². The highest BCUT2D eigenvalue weighted by atomic mass is 79.9. The first-order chi connectivity index (χ1) is 7.83. The normalized spacial score (nSPS) is 14.0. The van der Waals surface area contributed by atoms with E-state index in [0.29, 0.717) is 10.2 Å². The van der Waals surface area contributed by atoms with Crippen molar-refractivity contribution < 1.29 is 17.9 Å². The molecule has 0 radical (unpaired) electrons. The fourth-order valence-corrected chi connectivity index (χ4v) is 1.58. The lowest BCUT2D eigenvalue weighted by atomic mass is 10.3. The predicted molar refractivity (Wildman–Crippen MR) is 60.6 cm³/mol. The maximum atomic E-state index is 11.9. The van der Waals surface area contributed by atoms with E-state index >= 15 is 0 Å². The standard InChI is InChI=1S/C10H14BrF3N2O/c1-3-7(2)16-4-8(11)9(15-16)5-17-6-10(12,13)14/h4,7H,3,5-6H2,1-2H3/t7-/m1/s1. The first kappa shape index (κ1) is 14.5. The Hall–Kier alpha value is -0.560. The van der Waals surface area contributed by atoms with Crippen molar-refractivity contribution in [2.24, 2.45) is 0 Å². The third-order valence-electron chi connectivity index (χ3n) is 2.30. The summed E-state index contributed by atoms with van der Waals surface area (Å²) in [5.74, 6) is 0. The number of nitrogens with zero attached hydrogens (tertiary/aromatic N) is 2. The summed E-state index contributed by atoms with van der Waals surface area (Å²) < 4.78 is 42.6. The van der Waals surface area contributed by atoms with Gasteiger partial charge in [0.25, 0.3) is 0 Å². The van der Waals surface area contributed by atoms with Gasteiger partial charge in [-0.3, -0.25) is 4.68 Å². The average Bonchev–Trinajstić information content (AvgIpc) is 2.57. The van der Waals surface area contributed by atoms with E-state index in [-0.39, 0.29) is 12.6 Å². The summed E-state index contributed by atoms with van der Waals surface area (Å²) in [7, 11) is 0. The van der Waals surface area contributed by atoms with Crippen molar-refractivity contribution in [1.29, 1.82) is 0 Å². The van der Waals surface area contributed by atoms with E-state index in [1.165, 1.54) is 0 Å². The molecule has 0 amide bonds. The lowest BCUT2D eigenvalue weighted by molar-refractivity contribution is -0.176. The Morgan fingerprint density at radius 1 is 1.53 bits per heavy atom. The van der Waals surface area contributed by atoms with Crippen LogP contribution in [0.5, 0.6) is 0 Å². The van der Waals surface area contributed by atoms with Crippen LogP contribution >= 0.6 is 15.9 Å². The number of hydrogen-bond acceptors (Lipinski definition) is 2. The number of alkyl halides is 3. The second kappa shape index (κ2) is 5.86. The van der Waals surface area contributed by atoms with Gasteiger partial charge in [0.2, 0.25) is 0 Å². The van der Waals surface area contributed by atoms with Gasteiger partial charge in [0, 0.05) is 12.2 Å². The molecule has 0 N–H and O–H groups in total. The van der Waals surface area contributed by atoms with Crippen LogP contribution < -0.4 is 0 Å². The van der Waals surface area contributed by atoms with Crippen molar-refractivity contribution in [2.75, 3.05) is 6.61 Å². The molecular weight excluding hydrogens is 301 g/mol. The van der Waals surface area contributed by atoms with Gasteiger partial charge in [-0.2, -0.15) is 18.3 Å². The van der Waals surface area contributed by atoms with E-state index in [9.17, 15) is 13.2 Å². The molecule has 1 aromatic rings. The maximum Gasteiger partial charge on any atom is 0.411 e. The van der Waals surface area contributed by atoms with Crippen LogP contribution in [0, 0.1) is 0 Å². The molecule has 0 saturated carbocycles. The van der Waals surface area contributed by atoms with Gasteiger partial charge in [-0.05, 0) is 29.3 Å². The minimum Gasteiger partial charge on any atom is -0.366 e. The number of ether oxygens (including phenoxy) is 1. The van der Waals surface area contributed by atoms with Crippen molar-refractivity contribution in [3.05, 3.63) is 16.4 Å². The highest BCUT2D eigenvalue weighted by molar-refractivity contribution is 9.10. The lowest BCUT2D eigenvalue weighted by Gasteiger charge is -2.08. The monoisotopic (exact) mass is 314 g/mol. The molecule has 1 heterocycles. The molecule has 0 aromatic carbocycles. The Morgan fingerprint density at radius 3 is 2.71 bits per heavy atom. The van der Waals surface area contributed by atoms with Gasteiger partial charge < -0.3 is 4.74 Å². The van der Waals surface area contributed by atoms with Crippen LogP contribution in [0.15, 0.2) is 10.7 Å². The second-order valence-electron chi connectivity index (χ2n) is 3.77. The number of halogens is 4. The van der Waals surface area contributed by atoms with Crippen molar-refractivity contribution in [2.45, 2.75) is 39.1 Å². The third kappa shape index (κ3) is 4.67. The van der Waals surface area contributed by atoms with Gasteiger partial charge in [0.1, 0.15) is 12.3 Å². The quantitative estimate of drug-likeness (QED) is 0.828. The molecule has 0 spiro atoms. The van der Waals surface area contributed by atoms with Gasteiger partial charge in [0.05, 0.1) is 11.1 Å². The van der Waals surface area contributed by atoms with Crippen LogP contribution in [-0.2, 0) is 11.3 Å². The summed E-state index contributed by atoms with van der Waals surface area (Å²) in [5, 5.41) is 4.18. The van der Waals surface area contributed by atoms with Crippen LogP contribution in [0.25, 0.3) is 0 Å². The summed E-state index contributed by atoms with van der Waals surface area (Å²) in [6, 6.07) is 0.211.